The molecule has 0 bridgehead atoms. The molecule has 1 unspecified atom stereocenters. The SMILES string of the molecule is C1CNCCN(C2CCOC3(CCC3)C2)C1. The molecule has 1 N–H and O–H groups in total. The summed E-state index contributed by atoms with van der Waals surface area (Å²) >= 11 is 0. The minimum Gasteiger partial charge on any atom is -0.375 e. The van der Waals surface area contributed by atoms with Crippen LogP contribution in [0, 0.1) is 0 Å². The Bertz CT molecular complexity index is 232. The van der Waals surface area contributed by atoms with E-state index in [1.807, 2.05) is 0 Å². The van der Waals surface area contributed by atoms with Crippen LogP contribution in [-0.4, -0.2) is 49.3 Å². The van der Waals surface area contributed by atoms with Crippen molar-refractivity contribution in [1.29, 1.82) is 0 Å². The summed E-state index contributed by atoms with van der Waals surface area (Å²) in [5, 5.41) is 3.49. The van der Waals surface area contributed by atoms with Crippen LogP contribution in [0.25, 0.3) is 0 Å². The first-order valence-electron chi connectivity index (χ1n) is 6.97. The Labute approximate surface area is 98.5 Å². The monoisotopic (exact) mass is 224 g/mol. The highest BCUT2D eigenvalue weighted by molar-refractivity contribution is 4.96. The smallest absolute Gasteiger partial charge is 0.0697 e. The van der Waals surface area contributed by atoms with E-state index in [0.717, 1.165) is 12.6 Å². The van der Waals surface area contributed by atoms with Gasteiger partial charge in [0.1, 0.15) is 0 Å². The van der Waals surface area contributed by atoms with Gasteiger partial charge in [0.15, 0.2) is 0 Å². The van der Waals surface area contributed by atoms with Crippen LogP contribution in [-0.2, 0) is 4.74 Å². The molecule has 0 radical (unpaired) electrons. The largest absolute Gasteiger partial charge is 0.375 e. The zero-order chi connectivity index (χ0) is 10.8. The second-order valence-electron chi connectivity index (χ2n) is 5.67. The van der Waals surface area contributed by atoms with Gasteiger partial charge in [-0.3, -0.25) is 4.90 Å². The van der Waals surface area contributed by atoms with Crippen LogP contribution in [0.2, 0.25) is 0 Å². The maximum absolute atomic E-state index is 6.01. The van der Waals surface area contributed by atoms with Crippen molar-refractivity contribution in [2.45, 2.75) is 50.2 Å². The van der Waals surface area contributed by atoms with Crippen molar-refractivity contribution in [1.82, 2.24) is 10.2 Å². The molecule has 2 aliphatic heterocycles. The lowest BCUT2D eigenvalue weighted by Crippen LogP contribution is -2.52. The van der Waals surface area contributed by atoms with Gasteiger partial charge in [-0.05, 0) is 51.6 Å². The van der Waals surface area contributed by atoms with Crippen LogP contribution < -0.4 is 5.32 Å². The first-order valence-corrected chi connectivity index (χ1v) is 6.97. The van der Waals surface area contributed by atoms with E-state index in [-0.39, 0.29) is 0 Å². The lowest BCUT2D eigenvalue weighted by molar-refractivity contribution is -0.148. The van der Waals surface area contributed by atoms with E-state index in [9.17, 15) is 0 Å². The number of rotatable bonds is 1. The Kier molecular flexibility index (Phi) is 3.18. The highest BCUT2D eigenvalue weighted by Crippen LogP contribution is 2.43. The standard InChI is InChI=1S/C13H24N2O/c1-4-13(5-1)11-12(3-10-16-13)15-8-2-6-14-7-9-15/h12,14H,1-11H2. The molecule has 3 fully saturated rings. The van der Waals surface area contributed by atoms with Gasteiger partial charge in [0, 0.05) is 25.7 Å². The Morgan fingerprint density at radius 2 is 2.06 bits per heavy atom. The van der Waals surface area contributed by atoms with Gasteiger partial charge in [-0.1, -0.05) is 0 Å². The van der Waals surface area contributed by atoms with Crippen molar-refractivity contribution in [3.05, 3.63) is 0 Å². The van der Waals surface area contributed by atoms with E-state index in [4.69, 9.17) is 4.74 Å². The third-order valence-electron chi connectivity index (χ3n) is 4.62. The molecule has 3 heteroatoms. The highest BCUT2D eigenvalue weighted by Gasteiger charge is 2.43. The molecule has 2 saturated heterocycles. The molecule has 0 aromatic heterocycles. The van der Waals surface area contributed by atoms with Gasteiger partial charge in [0.05, 0.1) is 5.60 Å². The third kappa shape index (κ3) is 2.13. The molecule has 1 atom stereocenters. The topological polar surface area (TPSA) is 24.5 Å². The van der Waals surface area contributed by atoms with Crippen LogP contribution in [0.3, 0.4) is 0 Å². The highest BCUT2D eigenvalue weighted by atomic mass is 16.5. The summed E-state index contributed by atoms with van der Waals surface area (Å²) in [6, 6.07) is 0.800. The van der Waals surface area contributed by atoms with Gasteiger partial charge in [0.25, 0.3) is 0 Å². The summed E-state index contributed by atoms with van der Waals surface area (Å²) in [5.41, 5.74) is 0.308. The summed E-state index contributed by atoms with van der Waals surface area (Å²) in [6.07, 6.45) is 7.87. The van der Waals surface area contributed by atoms with Gasteiger partial charge < -0.3 is 10.1 Å². The molecule has 1 spiro atoms. The van der Waals surface area contributed by atoms with Gasteiger partial charge in [0.2, 0.25) is 0 Å². The fraction of sp³-hybridized carbons (Fsp3) is 1.00. The molecule has 92 valence electrons. The zero-order valence-corrected chi connectivity index (χ0v) is 10.2. The van der Waals surface area contributed by atoms with Crippen molar-refractivity contribution >= 4 is 0 Å². The molecular formula is C13H24N2O. The van der Waals surface area contributed by atoms with Crippen molar-refractivity contribution in [3.8, 4) is 0 Å². The number of hydrogen-bond acceptors (Lipinski definition) is 3. The van der Waals surface area contributed by atoms with E-state index in [1.54, 1.807) is 0 Å². The van der Waals surface area contributed by atoms with E-state index in [2.05, 4.69) is 10.2 Å². The van der Waals surface area contributed by atoms with Crippen LogP contribution in [0.5, 0.6) is 0 Å². The first-order chi connectivity index (χ1) is 7.88. The minimum absolute atomic E-state index is 0.308. The average Bonchev–Trinajstić information content (AvgIpc) is 2.56. The second kappa shape index (κ2) is 4.63. The fourth-order valence-electron chi connectivity index (χ4n) is 3.46. The maximum Gasteiger partial charge on any atom is 0.0697 e. The lowest BCUT2D eigenvalue weighted by Gasteiger charge is -2.49. The summed E-state index contributed by atoms with van der Waals surface area (Å²) in [7, 11) is 0. The minimum atomic E-state index is 0.308. The predicted octanol–water partition coefficient (Wildman–Crippen LogP) is 1.38. The number of nitrogens with one attached hydrogen (secondary N) is 1. The molecule has 0 aromatic rings. The quantitative estimate of drug-likeness (QED) is 0.728. The summed E-state index contributed by atoms with van der Waals surface area (Å²) in [6.45, 7) is 5.89. The Morgan fingerprint density at radius 1 is 1.12 bits per heavy atom. The van der Waals surface area contributed by atoms with Crippen molar-refractivity contribution in [2.24, 2.45) is 0 Å². The van der Waals surface area contributed by atoms with Gasteiger partial charge >= 0.3 is 0 Å². The van der Waals surface area contributed by atoms with Crippen molar-refractivity contribution < 1.29 is 4.74 Å². The number of hydrogen-bond donors (Lipinski definition) is 1. The average molecular weight is 224 g/mol. The fourth-order valence-corrected chi connectivity index (χ4v) is 3.46. The molecule has 1 saturated carbocycles. The molecule has 3 rings (SSSR count). The molecule has 0 aromatic carbocycles. The third-order valence-corrected chi connectivity index (χ3v) is 4.62. The molecule has 3 nitrogen and oxygen atoms in total. The molecule has 2 heterocycles. The number of nitrogens with zero attached hydrogens (tertiary/aromatic N) is 1. The Morgan fingerprint density at radius 3 is 2.88 bits per heavy atom. The molecule has 1 aliphatic carbocycles. The Hall–Kier alpha value is -0.120. The molecule has 16 heavy (non-hydrogen) atoms. The van der Waals surface area contributed by atoms with Gasteiger partial charge in [-0.15, -0.1) is 0 Å². The van der Waals surface area contributed by atoms with Crippen molar-refractivity contribution in [2.75, 3.05) is 32.8 Å². The second-order valence-corrected chi connectivity index (χ2v) is 5.67. The first kappa shape index (κ1) is 11.0. The van der Waals surface area contributed by atoms with Crippen LogP contribution in [0.4, 0.5) is 0 Å². The Balaban J connectivity index is 1.60. The summed E-state index contributed by atoms with van der Waals surface area (Å²) < 4.78 is 6.01. The van der Waals surface area contributed by atoms with Gasteiger partial charge in [-0.2, -0.15) is 0 Å². The lowest BCUT2D eigenvalue weighted by atomic mass is 9.73. The van der Waals surface area contributed by atoms with E-state index >= 15 is 0 Å². The maximum atomic E-state index is 6.01. The normalized spacial score (nSPS) is 35.6. The van der Waals surface area contributed by atoms with Crippen molar-refractivity contribution in [3.63, 3.8) is 0 Å². The van der Waals surface area contributed by atoms with Crippen LogP contribution in [0.15, 0.2) is 0 Å². The molecule has 0 amide bonds. The summed E-state index contributed by atoms with van der Waals surface area (Å²) in [5.74, 6) is 0. The van der Waals surface area contributed by atoms with Crippen LogP contribution in [0.1, 0.15) is 38.5 Å². The van der Waals surface area contributed by atoms with Gasteiger partial charge in [-0.25, -0.2) is 0 Å². The molecular weight excluding hydrogens is 200 g/mol. The summed E-state index contributed by atoms with van der Waals surface area (Å²) in [4.78, 5) is 2.71. The predicted molar refractivity (Wildman–Crippen MR) is 64.6 cm³/mol. The molecule has 3 aliphatic rings. The van der Waals surface area contributed by atoms with E-state index in [0.29, 0.717) is 5.60 Å². The zero-order valence-electron chi connectivity index (χ0n) is 10.2. The van der Waals surface area contributed by atoms with Crippen LogP contribution >= 0.6 is 0 Å². The number of ether oxygens (including phenoxy) is 1. The van der Waals surface area contributed by atoms with E-state index in [1.165, 1.54) is 64.7 Å². The van der Waals surface area contributed by atoms with E-state index < -0.39 is 0 Å².